The zero-order chi connectivity index (χ0) is 9.26. The first-order valence-corrected chi connectivity index (χ1v) is 4.89. The molecule has 0 unspecified atom stereocenters. The first-order valence-electron chi connectivity index (χ1n) is 4.10. The van der Waals surface area contributed by atoms with Gasteiger partial charge in [0.2, 0.25) is 0 Å². The van der Waals surface area contributed by atoms with Crippen LogP contribution in [0, 0.1) is 0 Å². The van der Waals surface area contributed by atoms with E-state index in [0.717, 1.165) is 21.0 Å². The maximum absolute atomic E-state index is 5.50. The summed E-state index contributed by atoms with van der Waals surface area (Å²) in [4.78, 5) is 0. The number of rotatable bonds is 2. The zero-order valence-corrected chi connectivity index (χ0v) is 8.80. The van der Waals surface area contributed by atoms with Crippen molar-refractivity contribution in [3.05, 3.63) is 29.1 Å². The van der Waals surface area contributed by atoms with Crippen LogP contribution in [0.2, 0.25) is 0 Å². The van der Waals surface area contributed by atoms with E-state index < -0.39 is 0 Å². The monoisotopic (exact) mass is 240 g/mol. The van der Waals surface area contributed by atoms with Crippen LogP contribution >= 0.6 is 15.9 Å². The SMILES string of the molecule is CCOc1c(Br)ccc2cocc12. The lowest BCUT2D eigenvalue weighted by Crippen LogP contribution is -1.92. The number of hydrogen-bond acceptors (Lipinski definition) is 2. The number of hydrogen-bond donors (Lipinski definition) is 0. The Bertz CT molecular complexity index is 420. The minimum Gasteiger partial charge on any atom is -0.492 e. The molecule has 2 aromatic rings. The first kappa shape index (κ1) is 8.63. The Hall–Kier alpha value is -0.960. The third-order valence-corrected chi connectivity index (χ3v) is 2.48. The fourth-order valence-corrected chi connectivity index (χ4v) is 1.74. The van der Waals surface area contributed by atoms with Gasteiger partial charge < -0.3 is 9.15 Å². The van der Waals surface area contributed by atoms with Gasteiger partial charge in [0, 0.05) is 5.39 Å². The van der Waals surface area contributed by atoms with Crippen molar-refractivity contribution in [2.75, 3.05) is 6.61 Å². The number of fused-ring (bicyclic) bond motifs is 1. The van der Waals surface area contributed by atoms with Crippen molar-refractivity contribution in [1.82, 2.24) is 0 Å². The maximum Gasteiger partial charge on any atom is 0.144 e. The summed E-state index contributed by atoms with van der Waals surface area (Å²) in [6.45, 7) is 2.62. The van der Waals surface area contributed by atoms with Crippen LogP contribution in [0.25, 0.3) is 10.8 Å². The van der Waals surface area contributed by atoms with Crippen LogP contribution in [-0.2, 0) is 0 Å². The second kappa shape index (κ2) is 3.42. The van der Waals surface area contributed by atoms with Gasteiger partial charge >= 0.3 is 0 Å². The van der Waals surface area contributed by atoms with Crippen LogP contribution in [0.15, 0.2) is 33.5 Å². The van der Waals surface area contributed by atoms with Crippen LogP contribution in [0.1, 0.15) is 6.92 Å². The van der Waals surface area contributed by atoms with Crippen molar-refractivity contribution in [3.63, 3.8) is 0 Å². The van der Waals surface area contributed by atoms with Crippen molar-refractivity contribution < 1.29 is 9.15 Å². The predicted molar refractivity (Wildman–Crippen MR) is 55.1 cm³/mol. The Labute approximate surface area is 84.6 Å². The molecule has 2 nitrogen and oxygen atoms in total. The topological polar surface area (TPSA) is 22.4 Å². The van der Waals surface area contributed by atoms with Crippen LogP contribution in [0.4, 0.5) is 0 Å². The van der Waals surface area contributed by atoms with Crippen LogP contribution in [-0.4, -0.2) is 6.61 Å². The number of benzene rings is 1. The summed E-state index contributed by atoms with van der Waals surface area (Å²) in [6.07, 6.45) is 3.41. The van der Waals surface area contributed by atoms with Crippen molar-refractivity contribution in [2.24, 2.45) is 0 Å². The maximum atomic E-state index is 5.50. The minimum atomic E-state index is 0.656. The van der Waals surface area contributed by atoms with E-state index in [9.17, 15) is 0 Å². The van der Waals surface area contributed by atoms with Gasteiger partial charge in [-0.05, 0) is 35.0 Å². The summed E-state index contributed by atoms with van der Waals surface area (Å²) in [7, 11) is 0. The minimum absolute atomic E-state index is 0.656. The molecule has 1 aromatic heterocycles. The second-order valence-corrected chi connectivity index (χ2v) is 3.54. The van der Waals surface area contributed by atoms with E-state index >= 15 is 0 Å². The van der Waals surface area contributed by atoms with E-state index in [4.69, 9.17) is 9.15 Å². The highest BCUT2D eigenvalue weighted by Gasteiger charge is 2.07. The molecular weight excluding hydrogens is 232 g/mol. The molecule has 0 bridgehead atoms. The van der Waals surface area contributed by atoms with Crippen LogP contribution in [0.3, 0.4) is 0 Å². The fourth-order valence-electron chi connectivity index (χ4n) is 1.28. The molecule has 1 aromatic carbocycles. The van der Waals surface area contributed by atoms with Crippen molar-refractivity contribution >= 4 is 26.7 Å². The molecule has 3 heteroatoms. The molecule has 2 rings (SSSR count). The molecule has 0 amide bonds. The van der Waals surface area contributed by atoms with Gasteiger partial charge in [0.05, 0.1) is 22.7 Å². The average Bonchev–Trinajstić information content (AvgIpc) is 2.58. The van der Waals surface area contributed by atoms with E-state index in [1.165, 1.54) is 0 Å². The van der Waals surface area contributed by atoms with E-state index in [1.54, 1.807) is 12.5 Å². The van der Waals surface area contributed by atoms with Gasteiger partial charge in [0.25, 0.3) is 0 Å². The Morgan fingerprint density at radius 2 is 2.23 bits per heavy atom. The van der Waals surface area contributed by atoms with Crippen molar-refractivity contribution in [2.45, 2.75) is 6.92 Å². The summed E-state index contributed by atoms with van der Waals surface area (Å²) in [5.41, 5.74) is 0. The summed E-state index contributed by atoms with van der Waals surface area (Å²) < 4.78 is 11.6. The molecule has 1 heterocycles. The van der Waals surface area contributed by atoms with Crippen molar-refractivity contribution in [1.29, 1.82) is 0 Å². The highest BCUT2D eigenvalue weighted by atomic mass is 79.9. The normalized spacial score (nSPS) is 10.6. The molecule has 13 heavy (non-hydrogen) atoms. The van der Waals surface area contributed by atoms with Gasteiger partial charge in [0.15, 0.2) is 0 Å². The van der Waals surface area contributed by atoms with E-state index in [2.05, 4.69) is 15.9 Å². The van der Waals surface area contributed by atoms with E-state index in [0.29, 0.717) is 6.61 Å². The second-order valence-electron chi connectivity index (χ2n) is 2.68. The van der Waals surface area contributed by atoms with Crippen LogP contribution < -0.4 is 4.74 Å². The number of ether oxygens (including phenoxy) is 1. The number of halogens is 1. The predicted octanol–water partition coefficient (Wildman–Crippen LogP) is 3.59. The molecule has 0 aliphatic carbocycles. The summed E-state index contributed by atoms with van der Waals surface area (Å²) in [5.74, 6) is 0.855. The highest BCUT2D eigenvalue weighted by molar-refractivity contribution is 9.10. The molecule has 0 spiro atoms. The highest BCUT2D eigenvalue weighted by Crippen LogP contribution is 2.34. The summed E-state index contributed by atoms with van der Waals surface area (Å²) >= 11 is 3.44. The lowest BCUT2D eigenvalue weighted by Gasteiger charge is -2.05. The van der Waals surface area contributed by atoms with Gasteiger partial charge in [-0.15, -0.1) is 0 Å². The largest absolute Gasteiger partial charge is 0.492 e. The zero-order valence-electron chi connectivity index (χ0n) is 7.21. The quantitative estimate of drug-likeness (QED) is 0.801. The molecule has 68 valence electrons. The third-order valence-electron chi connectivity index (χ3n) is 1.85. The lowest BCUT2D eigenvalue weighted by molar-refractivity contribution is 0.342. The van der Waals surface area contributed by atoms with Gasteiger partial charge in [-0.2, -0.15) is 0 Å². The summed E-state index contributed by atoms with van der Waals surface area (Å²) in [6, 6.07) is 3.95. The van der Waals surface area contributed by atoms with Gasteiger partial charge in [0.1, 0.15) is 12.0 Å². The molecular formula is C10H9BrO2. The Morgan fingerprint density at radius 3 is 3.00 bits per heavy atom. The third kappa shape index (κ3) is 1.44. The summed E-state index contributed by atoms with van der Waals surface area (Å²) in [5, 5.41) is 2.07. The molecule has 0 fully saturated rings. The first-order chi connectivity index (χ1) is 6.33. The lowest BCUT2D eigenvalue weighted by atomic mass is 10.2. The molecule has 0 radical (unpaired) electrons. The van der Waals surface area contributed by atoms with E-state index in [1.807, 2.05) is 19.1 Å². The van der Waals surface area contributed by atoms with Gasteiger partial charge in [-0.1, -0.05) is 0 Å². The smallest absolute Gasteiger partial charge is 0.144 e. The molecule has 0 saturated heterocycles. The van der Waals surface area contributed by atoms with Crippen LogP contribution in [0.5, 0.6) is 5.75 Å². The molecule has 0 saturated carbocycles. The molecule has 0 N–H and O–H groups in total. The standard InChI is InChI=1S/C10H9BrO2/c1-2-13-10-8-6-12-5-7(8)3-4-9(10)11/h3-6H,2H2,1H3. The van der Waals surface area contributed by atoms with E-state index in [-0.39, 0.29) is 0 Å². The van der Waals surface area contributed by atoms with Gasteiger partial charge in [-0.25, -0.2) is 0 Å². The Morgan fingerprint density at radius 1 is 1.38 bits per heavy atom. The van der Waals surface area contributed by atoms with Gasteiger partial charge in [-0.3, -0.25) is 0 Å². The Balaban J connectivity index is 2.66. The average molecular weight is 241 g/mol. The molecule has 0 atom stereocenters. The fraction of sp³-hybridized carbons (Fsp3) is 0.200. The molecule has 0 aliphatic rings. The molecule has 0 aliphatic heterocycles. The van der Waals surface area contributed by atoms with Crippen molar-refractivity contribution in [3.8, 4) is 5.75 Å². The number of furan rings is 1. The Kier molecular flexibility index (Phi) is 2.27.